The summed E-state index contributed by atoms with van der Waals surface area (Å²) in [5.74, 6) is 3.29. The number of allylic oxidation sites excluding steroid dienone is 1. The van der Waals surface area contributed by atoms with Crippen LogP contribution in [0, 0.1) is 34.5 Å². The van der Waals surface area contributed by atoms with E-state index >= 15 is 0 Å². The van der Waals surface area contributed by atoms with Crippen LogP contribution in [0.3, 0.4) is 0 Å². The molecule has 0 radical (unpaired) electrons. The molecule has 0 heterocycles. The zero-order chi connectivity index (χ0) is 16.4. The number of carbonyl (C=O) groups is 2. The molecule has 4 aliphatic rings. The SMILES string of the molecule is CC(=O)[C@@H]1CC[C@@H]2[C@@H]3CCC4=CC(=O)CC[C@@]4(C)[C@H]3CC[C@]21C. The van der Waals surface area contributed by atoms with Crippen LogP contribution in [0.5, 0.6) is 0 Å². The van der Waals surface area contributed by atoms with Gasteiger partial charge in [0.25, 0.3) is 0 Å². The summed E-state index contributed by atoms with van der Waals surface area (Å²) in [4.78, 5) is 24.0. The van der Waals surface area contributed by atoms with Crippen LogP contribution in [-0.4, -0.2) is 11.6 Å². The minimum Gasteiger partial charge on any atom is -0.300 e. The first-order valence-corrected chi connectivity index (χ1v) is 9.60. The topological polar surface area (TPSA) is 34.1 Å². The maximum atomic E-state index is 12.1. The highest BCUT2D eigenvalue weighted by Crippen LogP contribution is 2.66. The molecule has 0 spiro atoms. The van der Waals surface area contributed by atoms with Gasteiger partial charge in [0.2, 0.25) is 0 Å². The maximum Gasteiger partial charge on any atom is 0.155 e. The van der Waals surface area contributed by atoms with Crippen LogP contribution < -0.4 is 0 Å². The van der Waals surface area contributed by atoms with Crippen molar-refractivity contribution in [3.05, 3.63) is 11.6 Å². The third kappa shape index (κ3) is 2.06. The lowest BCUT2D eigenvalue weighted by molar-refractivity contribution is -0.128. The Labute approximate surface area is 140 Å². The van der Waals surface area contributed by atoms with Crippen molar-refractivity contribution in [1.29, 1.82) is 0 Å². The van der Waals surface area contributed by atoms with Crippen LogP contribution in [0.1, 0.15) is 72.1 Å². The van der Waals surface area contributed by atoms with E-state index in [-0.39, 0.29) is 10.8 Å². The minimum absolute atomic E-state index is 0.245. The van der Waals surface area contributed by atoms with E-state index in [2.05, 4.69) is 13.8 Å². The van der Waals surface area contributed by atoms with Gasteiger partial charge < -0.3 is 0 Å². The van der Waals surface area contributed by atoms with Gasteiger partial charge in [-0.05, 0) is 86.5 Å². The molecule has 2 heteroatoms. The second kappa shape index (κ2) is 5.04. The van der Waals surface area contributed by atoms with Crippen molar-refractivity contribution < 1.29 is 9.59 Å². The number of hydrogen-bond acceptors (Lipinski definition) is 2. The molecule has 0 aliphatic heterocycles. The third-order valence-electron chi connectivity index (χ3n) is 8.45. The van der Waals surface area contributed by atoms with Gasteiger partial charge in [0, 0.05) is 12.3 Å². The fourth-order valence-electron chi connectivity index (χ4n) is 7.23. The van der Waals surface area contributed by atoms with Crippen LogP contribution in [0.15, 0.2) is 11.6 Å². The van der Waals surface area contributed by atoms with Crippen LogP contribution >= 0.6 is 0 Å². The highest BCUT2D eigenvalue weighted by atomic mass is 16.1. The Morgan fingerprint density at radius 1 is 1.04 bits per heavy atom. The molecule has 0 aromatic rings. The van der Waals surface area contributed by atoms with Gasteiger partial charge in [-0.1, -0.05) is 19.4 Å². The molecular formula is C21H30O2. The fourth-order valence-corrected chi connectivity index (χ4v) is 7.23. The molecule has 23 heavy (non-hydrogen) atoms. The molecule has 126 valence electrons. The van der Waals surface area contributed by atoms with Gasteiger partial charge in [-0.3, -0.25) is 9.59 Å². The molecule has 3 fully saturated rings. The zero-order valence-corrected chi connectivity index (χ0v) is 14.9. The van der Waals surface area contributed by atoms with E-state index in [1.54, 1.807) is 6.92 Å². The minimum atomic E-state index is 0.245. The Balaban J connectivity index is 1.67. The zero-order valence-electron chi connectivity index (χ0n) is 14.9. The first-order valence-electron chi connectivity index (χ1n) is 9.60. The molecule has 0 aromatic heterocycles. The molecule has 4 aliphatic carbocycles. The number of carbonyl (C=O) groups excluding carboxylic acids is 2. The summed E-state index contributed by atoms with van der Waals surface area (Å²) in [6.45, 7) is 6.65. The molecule has 0 N–H and O–H groups in total. The van der Waals surface area contributed by atoms with E-state index in [0.717, 1.165) is 43.4 Å². The summed E-state index contributed by atoms with van der Waals surface area (Å²) in [6.07, 6.45) is 10.9. The summed E-state index contributed by atoms with van der Waals surface area (Å²) in [6, 6.07) is 0. The molecule has 6 atom stereocenters. The Kier molecular flexibility index (Phi) is 3.42. The second-order valence-corrected chi connectivity index (χ2v) is 9.25. The molecule has 4 rings (SSSR count). The predicted molar refractivity (Wildman–Crippen MR) is 90.9 cm³/mol. The van der Waals surface area contributed by atoms with Crippen molar-refractivity contribution in [3.63, 3.8) is 0 Å². The molecule has 0 amide bonds. The lowest BCUT2D eigenvalue weighted by Gasteiger charge is -2.58. The van der Waals surface area contributed by atoms with Crippen molar-refractivity contribution >= 4 is 11.6 Å². The number of ketones is 2. The lowest BCUT2D eigenvalue weighted by Crippen LogP contribution is -2.51. The highest BCUT2D eigenvalue weighted by molar-refractivity contribution is 5.91. The van der Waals surface area contributed by atoms with Crippen molar-refractivity contribution in [1.82, 2.24) is 0 Å². The standard InChI is InChI=1S/C21H30O2/c1-13(22)17-6-7-18-16-5-4-14-12-15(23)8-10-20(14,2)19(16)9-11-21(17,18)3/h12,16-19H,4-11H2,1-3H3/t16-,17-,18+,19-,20+,21-/m0/s1. The van der Waals surface area contributed by atoms with Crippen LogP contribution in [0.4, 0.5) is 0 Å². The van der Waals surface area contributed by atoms with Gasteiger partial charge in [-0.2, -0.15) is 0 Å². The van der Waals surface area contributed by atoms with E-state index < -0.39 is 0 Å². The van der Waals surface area contributed by atoms with Crippen molar-refractivity contribution in [2.45, 2.75) is 72.1 Å². The molecule has 0 aromatic carbocycles. The highest BCUT2D eigenvalue weighted by Gasteiger charge is 2.59. The van der Waals surface area contributed by atoms with Crippen molar-refractivity contribution in [2.75, 3.05) is 0 Å². The molecule has 3 saturated carbocycles. The average Bonchev–Trinajstić information content (AvgIpc) is 2.85. The van der Waals surface area contributed by atoms with Gasteiger partial charge in [0.1, 0.15) is 5.78 Å². The second-order valence-electron chi connectivity index (χ2n) is 9.25. The lowest BCUT2D eigenvalue weighted by atomic mass is 9.47. The fraction of sp³-hybridized carbons (Fsp3) is 0.810. The number of hydrogen-bond donors (Lipinski definition) is 0. The quantitative estimate of drug-likeness (QED) is 0.701. The first kappa shape index (κ1) is 15.6. The van der Waals surface area contributed by atoms with Crippen LogP contribution in [0.2, 0.25) is 0 Å². The summed E-state index contributed by atoms with van der Waals surface area (Å²) < 4.78 is 0. The largest absolute Gasteiger partial charge is 0.300 e. The van der Waals surface area contributed by atoms with Crippen molar-refractivity contribution in [2.24, 2.45) is 34.5 Å². The predicted octanol–water partition coefficient (Wildman–Crippen LogP) is 4.72. The first-order chi connectivity index (χ1) is 10.9. The van der Waals surface area contributed by atoms with Gasteiger partial charge in [0.15, 0.2) is 5.78 Å². The number of Topliss-reactive ketones (excluding diaryl/α,β-unsaturated/α-hetero) is 1. The molecular weight excluding hydrogens is 284 g/mol. The molecule has 0 unspecified atom stereocenters. The Hall–Kier alpha value is -0.920. The summed E-state index contributed by atoms with van der Waals surface area (Å²) in [7, 11) is 0. The van der Waals surface area contributed by atoms with Gasteiger partial charge >= 0.3 is 0 Å². The number of fused-ring (bicyclic) bond motifs is 5. The van der Waals surface area contributed by atoms with Crippen molar-refractivity contribution in [3.8, 4) is 0 Å². The Morgan fingerprint density at radius 2 is 1.83 bits per heavy atom. The Bertz CT molecular complexity index is 589. The van der Waals surface area contributed by atoms with Gasteiger partial charge in [-0.25, -0.2) is 0 Å². The van der Waals surface area contributed by atoms with Crippen LogP contribution in [-0.2, 0) is 9.59 Å². The summed E-state index contributed by atoms with van der Waals surface area (Å²) >= 11 is 0. The molecule has 2 nitrogen and oxygen atoms in total. The molecule has 0 bridgehead atoms. The van der Waals surface area contributed by atoms with E-state index in [1.807, 2.05) is 6.08 Å². The summed E-state index contributed by atoms with van der Waals surface area (Å²) in [5.41, 5.74) is 1.95. The summed E-state index contributed by atoms with van der Waals surface area (Å²) in [5, 5.41) is 0. The van der Waals surface area contributed by atoms with E-state index in [4.69, 9.17) is 0 Å². The Morgan fingerprint density at radius 3 is 2.57 bits per heavy atom. The van der Waals surface area contributed by atoms with Gasteiger partial charge in [0.05, 0.1) is 0 Å². The normalized spacial score (nSPS) is 49.0. The third-order valence-corrected chi connectivity index (χ3v) is 8.45. The maximum absolute atomic E-state index is 12.1. The van der Waals surface area contributed by atoms with Crippen LogP contribution in [0.25, 0.3) is 0 Å². The van der Waals surface area contributed by atoms with E-state index in [0.29, 0.717) is 17.5 Å². The smallest absolute Gasteiger partial charge is 0.155 e. The monoisotopic (exact) mass is 314 g/mol. The molecule has 0 saturated heterocycles. The average molecular weight is 314 g/mol. The van der Waals surface area contributed by atoms with E-state index in [9.17, 15) is 9.59 Å². The number of rotatable bonds is 1. The van der Waals surface area contributed by atoms with E-state index in [1.165, 1.54) is 31.3 Å². The van der Waals surface area contributed by atoms with Gasteiger partial charge in [-0.15, -0.1) is 0 Å².